The van der Waals surface area contributed by atoms with Crippen molar-refractivity contribution in [1.82, 2.24) is 14.5 Å². The molecule has 1 amide bonds. The van der Waals surface area contributed by atoms with E-state index in [9.17, 15) is 13.2 Å². The lowest BCUT2D eigenvalue weighted by molar-refractivity contribution is -0.131. The molecule has 0 aromatic rings. The van der Waals surface area contributed by atoms with Crippen molar-refractivity contribution in [2.45, 2.75) is 51.4 Å². The predicted octanol–water partition coefficient (Wildman–Crippen LogP) is 0.305. The van der Waals surface area contributed by atoms with E-state index in [0.29, 0.717) is 26.1 Å². The number of nitrogens with one attached hydrogen (secondary N) is 1. The number of sulfonamides is 1. The summed E-state index contributed by atoms with van der Waals surface area (Å²) < 4.78 is 27.7. The van der Waals surface area contributed by atoms with Gasteiger partial charge in [-0.25, -0.2) is 13.1 Å². The zero-order valence-corrected chi connectivity index (χ0v) is 14.9. The van der Waals surface area contributed by atoms with Crippen LogP contribution in [0.5, 0.6) is 0 Å². The lowest BCUT2D eigenvalue weighted by Crippen LogP contribution is -2.60. The molecule has 0 spiro atoms. The number of amides is 1. The molecule has 3 aliphatic heterocycles. The first-order valence-corrected chi connectivity index (χ1v) is 9.52. The van der Waals surface area contributed by atoms with Crippen molar-refractivity contribution in [2.75, 3.05) is 19.6 Å². The Morgan fingerprint density at radius 3 is 2.52 bits per heavy atom. The minimum Gasteiger partial charge on any atom is -0.340 e. The van der Waals surface area contributed by atoms with Gasteiger partial charge in [0.15, 0.2) is 0 Å². The van der Waals surface area contributed by atoms with Crippen molar-refractivity contribution in [2.24, 2.45) is 4.99 Å². The molecule has 2 fully saturated rings. The lowest BCUT2D eigenvalue weighted by Gasteiger charge is -2.38. The minimum atomic E-state index is -3.40. The van der Waals surface area contributed by atoms with Crippen molar-refractivity contribution >= 4 is 21.8 Å². The largest absolute Gasteiger partial charge is 0.340 e. The molecule has 7 nitrogen and oxygen atoms in total. The Hall–Kier alpha value is -1.41. The number of fused-ring (bicyclic) bond motifs is 1. The van der Waals surface area contributed by atoms with E-state index in [4.69, 9.17) is 0 Å². The molecule has 128 valence electrons. The number of hydrogen-bond acceptors (Lipinski definition) is 5. The maximum Gasteiger partial charge on any atom is 0.219 e. The van der Waals surface area contributed by atoms with E-state index >= 15 is 0 Å². The quantitative estimate of drug-likeness (QED) is 0.801. The molecular weight excluding hydrogens is 316 g/mol. The molecule has 3 aliphatic rings. The molecule has 2 atom stereocenters. The third kappa shape index (κ3) is 2.89. The molecule has 2 unspecified atom stereocenters. The van der Waals surface area contributed by atoms with Gasteiger partial charge in [0.25, 0.3) is 0 Å². The van der Waals surface area contributed by atoms with Crippen LogP contribution in [0.25, 0.3) is 0 Å². The highest BCUT2D eigenvalue weighted by Gasteiger charge is 2.41. The van der Waals surface area contributed by atoms with Gasteiger partial charge in [-0.2, -0.15) is 0 Å². The van der Waals surface area contributed by atoms with E-state index in [0.717, 1.165) is 5.84 Å². The topological polar surface area (TPSA) is 82.1 Å². The van der Waals surface area contributed by atoms with Crippen LogP contribution in [0, 0.1) is 0 Å². The van der Waals surface area contributed by atoms with Gasteiger partial charge in [0.1, 0.15) is 11.1 Å². The van der Waals surface area contributed by atoms with Gasteiger partial charge in [-0.3, -0.25) is 9.79 Å². The van der Waals surface area contributed by atoms with Crippen molar-refractivity contribution in [1.29, 1.82) is 0 Å². The van der Waals surface area contributed by atoms with Gasteiger partial charge in [0, 0.05) is 44.7 Å². The summed E-state index contributed by atoms with van der Waals surface area (Å²) in [6, 6.07) is 0.0270. The first-order chi connectivity index (χ1) is 10.7. The van der Waals surface area contributed by atoms with Crippen molar-refractivity contribution in [3.05, 3.63) is 11.3 Å². The second kappa shape index (κ2) is 5.59. The summed E-state index contributed by atoms with van der Waals surface area (Å²) in [7, 11) is -3.40. The van der Waals surface area contributed by atoms with Crippen molar-refractivity contribution < 1.29 is 13.2 Å². The Morgan fingerprint density at radius 1 is 1.26 bits per heavy atom. The van der Waals surface area contributed by atoms with E-state index in [2.05, 4.69) is 28.5 Å². The molecule has 0 saturated carbocycles. The number of carbonyl (C=O) groups is 1. The molecule has 0 aliphatic carbocycles. The Labute approximate surface area is 137 Å². The van der Waals surface area contributed by atoms with Gasteiger partial charge < -0.3 is 9.80 Å². The van der Waals surface area contributed by atoms with Crippen LogP contribution in [-0.2, 0) is 14.8 Å². The molecular formula is C15H24N4O3S. The minimum absolute atomic E-state index is 0.0731. The second-order valence-electron chi connectivity index (χ2n) is 6.70. The highest BCUT2D eigenvalue weighted by Crippen LogP contribution is 2.31. The molecule has 23 heavy (non-hydrogen) atoms. The van der Waals surface area contributed by atoms with Crippen LogP contribution in [0.2, 0.25) is 0 Å². The van der Waals surface area contributed by atoms with Gasteiger partial charge in [0.2, 0.25) is 15.9 Å². The number of nitrogens with zero attached hydrogens (tertiary/aromatic N) is 3. The highest BCUT2D eigenvalue weighted by atomic mass is 32.2. The second-order valence-corrected chi connectivity index (χ2v) is 8.69. The zero-order chi connectivity index (χ0) is 16.9. The number of rotatable bonds is 3. The standard InChI is InChI=1S/C15H24N4O3S/c1-9-10(2)16-11(3)19-6-13(5-15(9)19)17-23(21,22)14-7-18(8-14)12(4)20/h10,13-14,17H,5-8H2,1-4H3. The summed E-state index contributed by atoms with van der Waals surface area (Å²) in [5, 5.41) is -0.493. The Bertz CT molecular complexity index is 692. The first kappa shape index (κ1) is 16.4. The molecule has 0 aromatic carbocycles. The molecule has 0 radical (unpaired) electrons. The van der Waals surface area contributed by atoms with Gasteiger partial charge in [-0.05, 0) is 26.3 Å². The van der Waals surface area contributed by atoms with Crippen LogP contribution in [0.3, 0.4) is 0 Å². The lowest BCUT2D eigenvalue weighted by atomic mass is 10.0. The first-order valence-electron chi connectivity index (χ1n) is 7.97. The SMILES string of the molecule is CC(=O)N1CC(S(=O)(=O)NC2CC3=C(C)C(C)N=C(C)N3C2)C1. The normalized spacial score (nSPS) is 28.6. The number of amidine groups is 1. The fraction of sp³-hybridized carbons (Fsp3) is 0.733. The van der Waals surface area contributed by atoms with Crippen LogP contribution < -0.4 is 4.72 Å². The van der Waals surface area contributed by atoms with Gasteiger partial charge in [-0.15, -0.1) is 0 Å². The number of likely N-dealkylation sites (tertiary alicyclic amines) is 1. The molecule has 0 bridgehead atoms. The van der Waals surface area contributed by atoms with E-state index in [1.54, 1.807) is 4.90 Å². The van der Waals surface area contributed by atoms with E-state index in [-0.39, 0.29) is 18.0 Å². The average Bonchev–Trinajstić information content (AvgIpc) is 2.76. The smallest absolute Gasteiger partial charge is 0.219 e. The molecule has 0 aromatic heterocycles. The molecule has 2 saturated heterocycles. The highest BCUT2D eigenvalue weighted by molar-refractivity contribution is 7.90. The van der Waals surface area contributed by atoms with Gasteiger partial charge in [0.05, 0.1) is 6.04 Å². The number of aliphatic imine (C=N–C) groups is 1. The third-order valence-corrected chi connectivity index (χ3v) is 6.92. The summed E-state index contributed by atoms with van der Waals surface area (Å²) in [4.78, 5) is 19.5. The summed E-state index contributed by atoms with van der Waals surface area (Å²) in [6.45, 7) is 8.76. The average molecular weight is 340 g/mol. The molecule has 8 heteroatoms. The number of hydrogen-bond donors (Lipinski definition) is 1. The summed E-state index contributed by atoms with van der Waals surface area (Å²) in [5.41, 5.74) is 2.40. The molecule has 1 N–H and O–H groups in total. The van der Waals surface area contributed by atoms with Crippen LogP contribution >= 0.6 is 0 Å². The Balaban J connectivity index is 1.67. The maximum atomic E-state index is 12.5. The fourth-order valence-electron chi connectivity index (χ4n) is 3.43. The zero-order valence-electron chi connectivity index (χ0n) is 14.0. The van der Waals surface area contributed by atoms with Crippen LogP contribution in [0.1, 0.15) is 34.1 Å². The van der Waals surface area contributed by atoms with Gasteiger partial charge >= 0.3 is 0 Å². The van der Waals surface area contributed by atoms with Crippen molar-refractivity contribution in [3.8, 4) is 0 Å². The summed E-state index contributed by atoms with van der Waals surface area (Å²) >= 11 is 0. The summed E-state index contributed by atoms with van der Waals surface area (Å²) in [6.07, 6.45) is 0.700. The summed E-state index contributed by atoms with van der Waals surface area (Å²) in [5.74, 6) is 0.877. The van der Waals surface area contributed by atoms with E-state index in [1.807, 2.05) is 6.92 Å². The maximum absolute atomic E-state index is 12.5. The monoisotopic (exact) mass is 340 g/mol. The van der Waals surface area contributed by atoms with Crippen molar-refractivity contribution in [3.63, 3.8) is 0 Å². The van der Waals surface area contributed by atoms with Crippen LogP contribution in [0.15, 0.2) is 16.3 Å². The third-order valence-electron chi connectivity index (χ3n) is 5.08. The van der Waals surface area contributed by atoms with E-state index in [1.165, 1.54) is 18.2 Å². The molecule has 3 rings (SSSR count). The molecule has 3 heterocycles. The van der Waals surface area contributed by atoms with Gasteiger partial charge in [-0.1, -0.05) is 0 Å². The van der Waals surface area contributed by atoms with Crippen LogP contribution in [0.4, 0.5) is 0 Å². The Morgan fingerprint density at radius 2 is 1.91 bits per heavy atom. The van der Waals surface area contributed by atoms with E-state index < -0.39 is 15.3 Å². The fourth-order valence-corrected chi connectivity index (χ4v) is 4.99. The predicted molar refractivity (Wildman–Crippen MR) is 88.5 cm³/mol. The number of carbonyl (C=O) groups excluding carboxylic acids is 1. The Kier molecular flexibility index (Phi) is 4.00. The van der Waals surface area contributed by atoms with Crippen LogP contribution in [-0.4, -0.2) is 66.9 Å².